The lowest BCUT2D eigenvalue weighted by Crippen LogP contribution is -2.14. The lowest BCUT2D eigenvalue weighted by Gasteiger charge is -2.12. The summed E-state index contributed by atoms with van der Waals surface area (Å²) in [7, 11) is 0. The fraction of sp³-hybridized carbons (Fsp3) is 0.214. The second-order valence-corrected chi connectivity index (χ2v) is 8.91. The van der Waals surface area contributed by atoms with Crippen LogP contribution in [0.2, 0.25) is 0 Å². The van der Waals surface area contributed by atoms with Crippen molar-refractivity contribution >= 4 is 11.6 Å². The molecule has 0 fully saturated rings. The Morgan fingerprint density at radius 1 is 0.842 bits per heavy atom. The van der Waals surface area contributed by atoms with Crippen LogP contribution < -0.4 is 10.1 Å². The average Bonchev–Trinajstić information content (AvgIpc) is 3.16. The number of rotatable bonds is 7. The van der Waals surface area contributed by atoms with Gasteiger partial charge in [0.2, 0.25) is 5.82 Å². The maximum Gasteiger partial charge on any atom is 0.255 e. The predicted octanol–water partition coefficient (Wildman–Crippen LogP) is 6.69. The van der Waals surface area contributed by atoms with E-state index < -0.39 is 47.1 Å². The van der Waals surface area contributed by atoms with Crippen molar-refractivity contribution < 1.29 is 31.5 Å². The molecule has 4 rings (SSSR count). The third-order valence-electron chi connectivity index (χ3n) is 6.24. The van der Waals surface area contributed by atoms with Gasteiger partial charge in [-0.25, -0.2) is 22.0 Å². The number of amides is 1. The van der Waals surface area contributed by atoms with E-state index in [0.29, 0.717) is 17.9 Å². The number of carbonyl (C=O) groups excluding carboxylic acids is 1. The fourth-order valence-corrected chi connectivity index (χ4v) is 4.09. The van der Waals surface area contributed by atoms with E-state index in [2.05, 4.69) is 10.4 Å². The van der Waals surface area contributed by atoms with Crippen LogP contribution in [0.4, 0.5) is 27.6 Å². The van der Waals surface area contributed by atoms with Gasteiger partial charge in [-0.3, -0.25) is 9.48 Å². The van der Waals surface area contributed by atoms with E-state index in [4.69, 9.17) is 4.74 Å². The quantitative estimate of drug-likeness (QED) is 0.165. The highest BCUT2D eigenvalue weighted by Gasteiger charge is 2.27. The Labute approximate surface area is 215 Å². The van der Waals surface area contributed by atoms with Crippen molar-refractivity contribution in [3.05, 3.63) is 111 Å². The summed E-state index contributed by atoms with van der Waals surface area (Å²) in [6.07, 6.45) is 0. The summed E-state index contributed by atoms with van der Waals surface area (Å²) < 4.78 is 75.8. The molecule has 0 saturated carbocycles. The van der Waals surface area contributed by atoms with Gasteiger partial charge in [0.1, 0.15) is 12.4 Å². The minimum absolute atomic E-state index is 0.265. The van der Waals surface area contributed by atoms with Crippen molar-refractivity contribution in [1.29, 1.82) is 0 Å². The number of benzene rings is 3. The zero-order chi connectivity index (χ0) is 27.7. The van der Waals surface area contributed by atoms with Crippen LogP contribution >= 0.6 is 0 Å². The Balaban J connectivity index is 1.48. The molecule has 0 aliphatic rings. The fourth-order valence-electron chi connectivity index (χ4n) is 4.09. The molecule has 3 aromatic carbocycles. The summed E-state index contributed by atoms with van der Waals surface area (Å²) in [6, 6.07) is 12.7. The van der Waals surface area contributed by atoms with Crippen LogP contribution in [0.25, 0.3) is 0 Å². The summed E-state index contributed by atoms with van der Waals surface area (Å²) in [4.78, 5) is 12.9. The molecule has 0 unspecified atom stereocenters. The molecular weight excluding hydrogens is 505 g/mol. The zero-order valence-corrected chi connectivity index (χ0v) is 21.1. The second kappa shape index (κ2) is 10.6. The highest BCUT2D eigenvalue weighted by molar-refractivity contribution is 6.04. The smallest absolute Gasteiger partial charge is 0.255 e. The average molecular weight is 530 g/mol. The zero-order valence-electron chi connectivity index (χ0n) is 21.1. The van der Waals surface area contributed by atoms with Gasteiger partial charge in [-0.2, -0.15) is 5.10 Å². The van der Waals surface area contributed by atoms with E-state index in [1.54, 1.807) is 31.2 Å². The molecule has 0 bridgehead atoms. The molecule has 0 radical (unpaired) electrons. The van der Waals surface area contributed by atoms with Gasteiger partial charge in [-0.05, 0) is 56.5 Å². The number of anilines is 1. The van der Waals surface area contributed by atoms with Crippen LogP contribution in [0.1, 0.15) is 44.0 Å². The topological polar surface area (TPSA) is 56.1 Å². The maximum absolute atomic E-state index is 14.1. The van der Waals surface area contributed by atoms with Gasteiger partial charge in [0, 0.05) is 5.56 Å². The first-order valence-corrected chi connectivity index (χ1v) is 11.6. The Bertz CT molecular complexity index is 1480. The molecule has 4 aromatic rings. The van der Waals surface area contributed by atoms with Gasteiger partial charge in [0.05, 0.1) is 29.2 Å². The van der Waals surface area contributed by atoms with Crippen LogP contribution in [0.15, 0.2) is 42.5 Å². The summed E-state index contributed by atoms with van der Waals surface area (Å²) in [5, 5.41) is 6.82. The van der Waals surface area contributed by atoms with Gasteiger partial charge < -0.3 is 10.1 Å². The van der Waals surface area contributed by atoms with E-state index in [-0.39, 0.29) is 11.4 Å². The van der Waals surface area contributed by atoms with Gasteiger partial charge in [0.25, 0.3) is 5.91 Å². The van der Waals surface area contributed by atoms with Crippen molar-refractivity contribution in [3.63, 3.8) is 0 Å². The molecule has 0 spiro atoms. The third kappa shape index (κ3) is 5.11. The number of nitrogens with one attached hydrogen (secondary N) is 1. The Morgan fingerprint density at radius 2 is 1.39 bits per heavy atom. The van der Waals surface area contributed by atoms with Crippen LogP contribution in [-0.4, -0.2) is 15.7 Å². The molecule has 1 amide bonds. The standard InChI is InChI=1S/C28H24F5N3O2/c1-14-6-5-7-15(2)27(14)38-13-18-8-10-19(11-9-18)28(37)34-26-16(3)35-36(17(26)4)12-20-21(29)23(31)25(33)24(32)22(20)30/h5-11H,12-13H2,1-4H3,(H,34,37). The third-order valence-corrected chi connectivity index (χ3v) is 6.24. The first-order chi connectivity index (χ1) is 18.0. The van der Waals surface area contributed by atoms with Gasteiger partial charge in [-0.15, -0.1) is 0 Å². The van der Waals surface area contributed by atoms with Gasteiger partial charge in [-0.1, -0.05) is 30.3 Å². The molecular formula is C28H24F5N3O2. The Kier molecular flexibility index (Phi) is 7.52. The minimum Gasteiger partial charge on any atom is -0.488 e. The van der Waals surface area contributed by atoms with Crippen molar-refractivity contribution in [2.75, 3.05) is 5.32 Å². The summed E-state index contributed by atoms with van der Waals surface area (Å²) in [5.74, 6) is -9.80. The Hall–Kier alpha value is -4.21. The van der Waals surface area contributed by atoms with E-state index in [9.17, 15) is 26.7 Å². The van der Waals surface area contributed by atoms with E-state index in [1.165, 1.54) is 6.92 Å². The van der Waals surface area contributed by atoms with Crippen LogP contribution in [0.3, 0.4) is 0 Å². The SMILES string of the molecule is Cc1cccc(C)c1OCc1ccc(C(=O)Nc2c(C)nn(Cc3c(F)c(F)c(F)c(F)c3F)c2C)cc1. The molecule has 1 heterocycles. The van der Waals surface area contributed by atoms with Crippen molar-refractivity contribution in [3.8, 4) is 5.75 Å². The summed E-state index contributed by atoms with van der Waals surface area (Å²) >= 11 is 0. The van der Waals surface area contributed by atoms with E-state index in [1.807, 2.05) is 32.0 Å². The molecule has 1 N–H and O–H groups in total. The second-order valence-electron chi connectivity index (χ2n) is 8.91. The first-order valence-electron chi connectivity index (χ1n) is 11.6. The van der Waals surface area contributed by atoms with Gasteiger partial charge >= 0.3 is 0 Å². The monoisotopic (exact) mass is 529 g/mol. The summed E-state index contributed by atoms with van der Waals surface area (Å²) in [6.45, 7) is 6.58. The largest absolute Gasteiger partial charge is 0.488 e. The minimum atomic E-state index is -2.23. The normalized spacial score (nSPS) is 11.1. The van der Waals surface area contributed by atoms with Crippen molar-refractivity contribution in [2.24, 2.45) is 0 Å². The van der Waals surface area contributed by atoms with Crippen LogP contribution in [-0.2, 0) is 13.2 Å². The Morgan fingerprint density at radius 3 is 1.97 bits per heavy atom. The molecule has 0 saturated heterocycles. The maximum atomic E-state index is 14.1. The van der Waals surface area contributed by atoms with Crippen LogP contribution in [0.5, 0.6) is 5.75 Å². The number of ether oxygens (including phenoxy) is 1. The lowest BCUT2D eigenvalue weighted by molar-refractivity contribution is 0.102. The number of halogens is 5. The highest BCUT2D eigenvalue weighted by atomic mass is 19.2. The van der Waals surface area contributed by atoms with Crippen molar-refractivity contribution in [1.82, 2.24) is 9.78 Å². The molecule has 10 heteroatoms. The molecule has 38 heavy (non-hydrogen) atoms. The molecule has 1 aromatic heterocycles. The number of hydrogen-bond acceptors (Lipinski definition) is 3. The van der Waals surface area contributed by atoms with E-state index >= 15 is 0 Å². The lowest BCUT2D eigenvalue weighted by atomic mass is 10.1. The van der Waals surface area contributed by atoms with Crippen molar-refractivity contribution in [2.45, 2.75) is 40.8 Å². The van der Waals surface area contributed by atoms with Crippen LogP contribution in [0, 0.1) is 56.8 Å². The number of aryl methyl sites for hydroxylation is 3. The number of hydrogen-bond donors (Lipinski definition) is 1. The number of nitrogens with zero attached hydrogens (tertiary/aromatic N) is 2. The summed E-state index contributed by atoms with van der Waals surface area (Å²) in [5.41, 5.74) is 3.06. The molecule has 0 atom stereocenters. The number of aromatic nitrogens is 2. The molecule has 0 aliphatic carbocycles. The number of carbonyl (C=O) groups is 1. The highest BCUT2D eigenvalue weighted by Crippen LogP contribution is 2.27. The molecule has 0 aliphatic heterocycles. The number of para-hydroxylation sites is 1. The predicted molar refractivity (Wildman–Crippen MR) is 132 cm³/mol. The first kappa shape index (κ1) is 26.8. The molecule has 5 nitrogen and oxygen atoms in total. The molecule has 198 valence electrons. The van der Waals surface area contributed by atoms with Gasteiger partial charge in [0.15, 0.2) is 23.3 Å². The van der Waals surface area contributed by atoms with E-state index in [0.717, 1.165) is 27.1 Å².